The van der Waals surface area contributed by atoms with Crippen LogP contribution in [0.15, 0.2) is 48.8 Å². The van der Waals surface area contributed by atoms with Gasteiger partial charge in [-0.15, -0.1) is 0 Å². The SMILES string of the molecule is CCc1cccc(NC(=O)CN2CCNCC2c2cccnc2)c1. The van der Waals surface area contributed by atoms with Crippen LogP contribution in [0.25, 0.3) is 0 Å². The number of pyridine rings is 1. The summed E-state index contributed by atoms with van der Waals surface area (Å²) in [5.41, 5.74) is 3.24. The Hall–Kier alpha value is -2.24. The maximum atomic E-state index is 12.5. The molecule has 0 radical (unpaired) electrons. The fraction of sp³-hybridized carbons (Fsp3) is 0.368. The zero-order valence-corrected chi connectivity index (χ0v) is 14.0. The zero-order valence-electron chi connectivity index (χ0n) is 14.0. The van der Waals surface area contributed by atoms with Crippen LogP contribution in [0, 0.1) is 0 Å². The first kappa shape index (κ1) is 16.6. The summed E-state index contributed by atoms with van der Waals surface area (Å²) < 4.78 is 0. The number of amides is 1. The van der Waals surface area contributed by atoms with Crippen molar-refractivity contribution >= 4 is 11.6 Å². The molecule has 126 valence electrons. The first-order chi connectivity index (χ1) is 11.8. The van der Waals surface area contributed by atoms with Crippen molar-refractivity contribution in [2.45, 2.75) is 19.4 Å². The van der Waals surface area contributed by atoms with E-state index in [-0.39, 0.29) is 11.9 Å². The highest BCUT2D eigenvalue weighted by Gasteiger charge is 2.25. The number of carbonyl (C=O) groups excluding carboxylic acids is 1. The molecule has 5 heteroatoms. The Balaban J connectivity index is 1.65. The molecule has 1 aromatic heterocycles. The maximum Gasteiger partial charge on any atom is 0.238 e. The van der Waals surface area contributed by atoms with E-state index in [2.05, 4.69) is 39.6 Å². The molecule has 5 nitrogen and oxygen atoms in total. The predicted molar refractivity (Wildman–Crippen MR) is 95.9 cm³/mol. The molecule has 0 bridgehead atoms. The Labute approximate surface area is 143 Å². The average Bonchev–Trinajstić information content (AvgIpc) is 2.63. The molecular formula is C19H24N4O. The standard InChI is InChI=1S/C19H24N4O/c1-2-15-5-3-7-17(11-15)22-19(24)14-23-10-9-21-13-18(23)16-6-4-8-20-12-16/h3-8,11-12,18,21H,2,9-10,13-14H2,1H3,(H,22,24). The zero-order chi connectivity index (χ0) is 16.8. The molecule has 1 aromatic carbocycles. The van der Waals surface area contributed by atoms with Crippen molar-refractivity contribution in [2.24, 2.45) is 0 Å². The van der Waals surface area contributed by atoms with E-state index in [0.29, 0.717) is 6.54 Å². The van der Waals surface area contributed by atoms with Crippen LogP contribution >= 0.6 is 0 Å². The van der Waals surface area contributed by atoms with Crippen molar-refractivity contribution in [3.05, 3.63) is 59.9 Å². The van der Waals surface area contributed by atoms with Crippen LogP contribution in [0.4, 0.5) is 5.69 Å². The Morgan fingerprint density at radius 3 is 3.08 bits per heavy atom. The molecule has 24 heavy (non-hydrogen) atoms. The quantitative estimate of drug-likeness (QED) is 0.885. The van der Waals surface area contributed by atoms with Crippen molar-refractivity contribution in [2.75, 3.05) is 31.5 Å². The molecule has 1 atom stereocenters. The summed E-state index contributed by atoms with van der Waals surface area (Å²) in [7, 11) is 0. The minimum absolute atomic E-state index is 0.0269. The lowest BCUT2D eigenvalue weighted by atomic mass is 10.1. The highest BCUT2D eigenvalue weighted by molar-refractivity contribution is 5.92. The monoisotopic (exact) mass is 324 g/mol. The number of rotatable bonds is 5. The number of benzene rings is 1. The largest absolute Gasteiger partial charge is 0.325 e. The molecule has 0 spiro atoms. The number of hydrogen-bond donors (Lipinski definition) is 2. The lowest BCUT2D eigenvalue weighted by Gasteiger charge is -2.35. The van der Waals surface area contributed by atoms with Crippen LogP contribution in [0.1, 0.15) is 24.1 Å². The Morgan fingerprint density at radius 1 is 1.38 bits per heavy atom. The fourth-order valence-corrected chi connectivity index (χ4v) is 3.09. The Kier molecular flexibility index (Phi) is 5.56. The van der Waals surface area contributed by atoms with Crippen molar-refractivity contribution < 1.29 is 4.79 Å². The van der Waals surface area contributed by atoms with Crippen LogP contribution in [0.5, 0.6) is 0 Å². The van der Waals surface area contributed by atoms with Gasteiger partial charge < -0.3 is 10.6 Å². The minimum Gasteiger partial charge on any atom is -0.325 e. The number of aromatic nitrogens is 1. The van der Waals surface area contributed by atoms with Gasteiger partial charge in [-0.05, 0) is 35.7 Å². The Morgan fingerprint density at radius 2 is 2.29 bits per heavy atom. The second-order valence-corrected chi connectivity index (χ2v) is 6.08. The first-order valence-corrected chi connectivity index (χ1v) is 8.49. The van der Waals surface area contributed by atoms with E-state index in [1.165, 1.54) is 5.56 Å². The van der Waals surface area contributed by atoms with Gasteiger partial charge in [-0.1, -0.05) is 25.1 Å². The number of carbonyl (C=O) groups is 1. The number of anilines is 1. The van der Waals surface area contributed by atoms with Gasteiger partial charge in [-0.2, -0.15) is 0 Å². The topological polar surface area (TPSA) is 57.3 Å². The Bertz CT molecular complexity index is 674. The van der Waals surface area contributed by atoms with Gasteiger partial charge in [0, 0.05) is 43.8 Å². The van der Waals surface area contributed by atoms with E-state index < -0.39 is 0 Å². The van der Waals surface area contributed by atoms with E-state index in [0.717, 1.165) is 37.3 Å². The van der Waals surface area contributed by atoms with Gasteiger partial charge in [0.25, 0.3) is 0 Å². The van der Waals surface area contributed by atoms with E-state index in [9.17, 15) is 4.79 Å². The maximum absolute atomic E-state index is 12.5. The number of nitrogens with zero attached hydrogens (tertiary/aromatic N) is 2. The molecule has 3 rings (SSSR count). The summed E-state index contributed by atoms with van der Waals surface area (Å²) in [6, 6.07) is 12.2. The smallest absolute Gasteiger partial charge is 0.238 e. The van der Waals surface area contributed by atoms with Gasteiger partial charge in [0.1, 0.15) is 0 Å². The van der Waals surface area contributed by atoms with Gasteiger partial charge in [0.2, 0.25) is 5.91 Å². The van der Waals surface area contributed by atoms with Gasteiger partial charge in [0.05, 0.1) is 6.54 Å². The van der Waals surface area contributed by atoms with Gasteiger partial charge >= 0.3 is 0 Å². The lowest BCUT2D eigenvalue weighted by Crippen LogP contribution is -2.48. The van der Waals surface area contributed by atoms with E-state index >= 15 is 0 Å². The number of piperazine rings is 1. The second-order valence-electron chi connectivity index (χ2n) is 6.08. The third-order valence-electron chi connectivity index (χ3n) is 4.39. The van der Waals surface area contributed by atoms with E-state index in [1.54, 1.807) is 6.20 Å². The molecule has 2 aromatic rings. The molecule has 1 aliphatic rings. The second kappa shape index (κ2) is 8.04. The minimum atomic E-state index is 0.0269. The van der Waals surface area contributed by atoms with Gasteiger partial charge in [-0.3, -0.25) is 14.7 Å². The third-order valence-corrected chi connectivity index (χ3v) is 4.39. The summed E-state index contributed by atoms with van der Waals surface area (Å²) in [5.74, 6) is 0.0269. The summed E-state index contributed by atoms with van der Waals surface area (Å²) in [6.07, 6.45) is 4.62. The molecule has 1 unspecified atom stereocenters. The van der Waals surface area contributed by atoms with Crippen LogP contribution in [0.3, 0.4) is 0 Å². The van der Waals surface area contributed by atoms with Crippen LogP contribution in [0.2, 0.25) is 0 Å². The van der Waals surface area contributed by atoms with Crippen LogP contribution < -0.4 is 10.6 Å². The lowest BCUT2D eigenvalue weighted by molar-refractivity contribution is -0.118. The van der Waals surface area contributed by atoms with E-state index in [1.807, 2.05) is 30.5 Å². The fourth-order valence-electron chi connectivity index (χ4n) is 3.09. The number of nitrogens with one attached hydrogen (secondary N) is 2. The summed E-state index contributed by atoms with van der Waals surface area (Å²) in [6.45, 7) is 5.08. The highest BCUT2D eigenvalue weighted by Crippen LogP contribution is 2.21. The third kappa shape index (κ3) is 4.19. The number of aryl methyl sites for hydroxylation is 1. The van der Waals surface area contributed by atoms with Crippen LogP contribution in [-0.4, -0.2) is 42.0 Å². The highest BCUT2D eigenvalue weighted by atomic mass is 16.2. The van der Waals surface area contributed by atoms with Crippen molar-refractivity contribution in [3.8, 4) is 0 Å². The van der Waals surface area contributed by atoms with Gasteiger partial charge in [-0.25, -0.2) is 0 Å². The average molecular weight is 324 g/mol. The van der Waals surface area contributed by atoms with Crippen molar-refractivity contribution in [1.82, 2.24) is 15.2 Å². The summed E-state index contributed by atoms with van der Waals surface area (Å²) in [5, 5.41) is 6.42. The molecule has 2 N–H and O–H groups in total. The van der Waals surface area contributed by atoms with Gasteiger partial charge in [0.15, 0.2) is 0 Å². The molecule has 1 saturated heterocycles. The van der Waals surface area contributed by atoms with Crippen molar-refractivity contribution in [3.63, 3.8) is 0 Å². The predicted octanol–water partition coefficient (Wildman–Crippen LogP) is 2.23. The number of hydrogen-bond acceptors (Lipinski definition) is 4. The summed E-state index contributed by atoms with van der Waals surface area (Å²) >= 11 is 0. The first-order valence-electron chi connectivity index (χ1n) is 8.49. The molecule has 1 fully saturated rings. The molecule has 1 amide bonds. The van der Waals surface area contributed by atoms with Crippen molar-refractivity contribution in [1.29, 1.82) is 0 Å². The van der Waals surface area contributed by atoms with Crippen LogP contribution in [-0.2, 0) is 11.2 Å². The van der Waals surface area contributed by atoms with E-state index in [4.69, 9.17) is 0 Å². The molecule has 2 heterocycles. The molecule has 1 aliphatic heterocycles. The summed E-state index contributed by atoms with van der Waals surface area (Å²) in [4.78, 5) is 18.9. The normalized spacial score (nSPS) is 18.3. The molecule has 0 aliphatic carbocycles. The molecular weight excluding hydrogens is 300 g/mol. The molecule has 0 saturated carbocycles.